The number of hydrogen-bond donors (Lipinski definition) is 4. The fraction of sp³-hybridized carbons (Fsp3) is 0.250. The Balaban J connectivity index is 1.48. The van der Waals surface area contributed by atoms with Crippen molar-refractivity contribution in [1.82, 2.24) is 34.4 Å². The number of nitrogens with zero attached hydrogens (tertiary/aromatic N) is 5. The predicted octanol–water partition coefficient (Wildman–Crippen LogP) is 4.08. The highest BCUT2D eigenvalue weighted by atomic mass is 32.2. The van der Waals surface area contributed by atoms with Gasteiger partial charge < -0.3 is 25.3 Å². The van der Waals surface area contributed by atoms with Gasteiger partial charge >= 0.3 is 0 Å². The topological polar surface area (TPSA) is 144 Å². The van der Waals surface area contributed by atoms with Gasteiger partial charge in [0, 0.05) is 50.7 Å². The number of sulfonamides is 1. The summed E-state index contributed by atoms with van der Waals surface area (Å²) in [4.78, 5) is 15.3. The molecule has 13 heteroatoms. The quantitative estimate of drug-likeness (QED) is 0.216. The number of aromatic nitrogens is 5. The van der Waals surface area contributed by atoms with Gasteiger partial charge in [-0.1, -0.05) is 12.1 Å². The van der Waals surface area contributed by atoms with Gasteiger partial charge in [-0.25, -0.2) is 12.7 Å². The molecule has 0 amide bonds. The lowest BCUT2D eigenvalue weighted by atomic mass is 9.99. The van der Waals surface area contributed by atoms with Gasteiger partial charge in [0.2, 0.25) is 16.0 Å². The number of H-pyrrole nitrogens is 2. The van der Waals surface area contributed by atoms with Crippen molar-refractivity contribution < 1.29 is 13.2 Å². The average Bonchev–Trinajstić information content (AvgIpc) is 3.63. The summed E-state index contributed by atoms with van der Waals surface area (Å²) in [6.45, 7) is 1.83. The zero-order valence-electron chi connectivity index (χ0n) is 23.2. The summed E-state index contributed by atoms with van der Waals surface area (Å²) in [5.74, 6) is 1.43. The lowest BCUT2D eigenvalue weighted by Gasteiger charge is -2.26. The molecule has 6 rings (SSSR count). The van der Waals surface area contributed by atoms with E-state index in [2.05, 4.69) is 49.9 Å². The van der Waals surface area contributed by atoms with Crippen LogP contribution in [0.3, 0.4) is 0 Å². The number of benzene rings is 2. The Bertz CT molecular complexity index is 1830. The molecule has 3 aromatic heterocycles. The van der Waals surface area contributed by atoms with Crippen LogP contribution in [0, 0.1) is 0 Å². The number of fused-ring (bicyclic) bond motifs is 2. The lowest BCUT2D eigenvalue weighted by molar-refractivity contribution is 0.312. The van der Waals surface area contributed by atoms with E-state index in [1.54, 1.807) is 43.8 Å². The van der Waals surface area contributed by atoms with Gasteiger partial charge in [-0.3, -0.25) is 5.10 Å². The standard InChI is InChI=1S/C28H31N9O3S/c1-36(2)41(38,39)24-8-6-5-7-21(24)32-27-25-20(19-13-30-31-14-19)15-29-26(25)34-28(35-27)33-22-11-18-16-37(3)10-9-17(18)12-23(22)40-4/h5-8,11-15H,9-10,16H2,1-4H3,(H,30,31)(H3,29,32,33,34,35). The summed E-state index contributed by atoms with van der Waals surface area (Å²) in [5.41, 5.74) is 5.81. The molecule has 0 saturated carbocycles. The molecule has 4 N–H and O–H groups in total. The van der Waals surface area contributed by atoms with Crippen molar-refractivity contribution in [3.8, 4) is 16.9 Å². The third kappa shape index (κ3) is 4.99. The zero-order chi connectivity index (χ0) is 28.7. The highest BCUT2D eigenvalue weighted by Gasteiger charge is 2.24. The molecule has 1 aliphatic rings. The fourth-order valence-corrected chi connectivity index (χ4v) is 6.08. The van der Waals surface area contributed by atoms with Crippen LogP contribution in [0.4, 0.5) is 23.1 Å². The Kier molecular flexibility index (Phi) is 6.85. The van der Waals surface area contributed by atoms with Crippen molar-refractivity contribution in [2.75, 3.05) is 45.4 Å². The highest BCUT2D eigenvalue weighted by molar-refractivity contribution is 7.89. The molecule has 0 aliphatic carbocycles. The van der Waals surface area contributed by atoms with Gasteiger partial charge in [0.25, 0.3) is 0 Å². The molecule has 2 aromatic carbocycles. The molecule has 0 fully saturated rings. The number of aromatic amines is 2. The average molecular weight is 574 g/mol. The molecule has 0 spiro atoms. The van der Waals surface area contributed by atoms with Crippen LogP contribution in [0.5, 0.6) is 5.75 Å². The third-order valence-electron chi connectivity index (χ3n) is 7.21. The number of rotatable bonds is 8. The SMILES string of the molecule is COc1cc2c(cc1Nc1nc(Nc3ccccc3S(=O)(=O)N(C)C)c3c(-c4cn[nH]c4)c[nH]c3n1)CN(C)CC2. The van der Waals surface area contributed by atoms with E-state index < -0.39 is 10.0 Å². The molecule has 1 aliphatic heterocycles. The summed E-state index contributed by atoms with van der Waals surface area (Å²) < 4.78 is 33.2. The number of ether oxygens (including phenoxy) is 1. The molecular weight excluding hydrogens is 542 g/mol. The van der Waals surface area contributed by atoms with Gasteiger partial charge in [-0.05, 0) is 48.9 Å². The molecule has 0 saturated heterocycles. The van der Waals surface area contributed by atoms with Crippen molar-refractivity contribution in [2.45, 2.75) is 17.9 Å². The van der Waals surface area contributed by atoms with Crippen molar-refractivity contribution in [2.24, 2.45) is 0 Å². The van der Waals surface area contributed by atoms with Crippen molar-refractivity contribution in [3.05, 3.63) is 66.1 Å². The molecule has 0 atom stereocenters. The van der Waals surface area contributed by atoms with Crippen molar-refractivity contribution in [3.63, 3.8) is 0 Å². The first-order chi connectivity index (χ1) is 19.7. The van der Waals surface area contributed by atoms with E-state index in [1.807, 2.05) is 6.20 Å². The van der Waals surface area contributed by atoms with Crippen LogP contribution < -0.4 is 15.4 Å². The van der Waals surface area contributed by atoms with Crippen LogP contribution in [0.1, 0.15) is 11.1 Å². The monoisotopic (exact) mass is 573 g/mol. The summed E-state index contributed by atoms with van der Waals surface area (Å²) in [6, 6.07) is 10.9. The van der Waals surface area contributed by atoms with Crippen LogP contribution in [0.2, 0.25) is 0 Å². The van der Waals surface area contributed by atoms with Crippen LogP contribution in [-0.2, 0) is 23.0 Å². The van der Waals surface area contributed by atoms with E-state index in [0.717, 1.165) is 36.3 Å². The Morgan fingerprint density at radius 1 is 1.05 bits per heavy atom. The number of likely N-dealkylation sites (N-methyl/N-ethyl adjacent to an activating group) is 1. The summed E-state index contributed by atoms with van der Waals surface area (Å²) in [5, 5.41) is 14.2. The maximum Gasteiger partial charge on any atom is 0.244 e. The Morgan fingerprint density at radius 2 is 1.88 bits per heavy atom. The minimum Gasteiger partial charge on any atom is -0.495 e. The minimum absolute atomic E-state index is 0.132. The molecule has 0 radical (unpaired) electrons. The van der Waals surface area contributed by atoms with Gasteiger partial charge in [-0.15, -0.1) is 0 Å². The van der Waals surface area contributed by atoms with E-state index >= 15 is 0 Å². The molecule has 0 bridgehead atoms. The molecule has 41 heavy (non-hydrogen) atoms. The van der Waals surface area contributed by atoms with Gasteiger partial charge in [-0.2, -0.15) is 15.1 Å². The lowest BCUT2D eigenvalue weighted by Crippen LogP contribution is -2.26. The van der Waals surface area contributed by atoms with E-state index in [0.29, 0.717) is 34.2 Å². The summed E-state index contributed by atoms with van der Waals surface area (Å²) in [7, 11) is 3.02. The second-order valence-corrected chi connectivity index (χ2v) is 12.3. The maximum atomic E-state index is 13.1. The second-order valence-electron chi connectivity index (χ2n) is 10.2. The highest BCUT2D eigenvalue weighted by Crippen LogP contribution is 2.38. The smallest absolute Gasteiger partial charge is 0.244 e. The van der Waals surface area contributed by atoms with E-state index in [9.17, 15) is 8.42 Å². The van der Waals surface area contributed by atoms with Gasteiger partial charge in [0.15, 0.2) is 0 Å². The molecular formula is C28H31N9O3S. The van der Waals surface area contributed by atoms with Crippen LogP contribution in [0.15, 0.2) is 59.9 Å². The third-order valence-corrected chi connectivity index (χ3v) is 9.08. The van der Waals surface area contributed by atoms with Crippen LogP contribution in [0.25, 0.3) is 22.2 Å². The minimum atomic E-state index is -3.73. The number of nitrogens with one attached hydrogen (secondary N) is 4. The molecule has 0 unspecified atom stereocenters. The molecule has 5 aromatic rings. The number of hydrogen-bond acceptors (Lipinski definition) is 9. The maximum absolute atomic E-state index is 13.1. The normalized spacial score (nSPS) is 13.9. The van der Waals surface area contributed by atoms with Gasteiger partial charge in [0.05, 0.1) is 30.1 Å². The number of para-hydroxylation sites is 1. The zero-order valence-corrected chi connectivity index (χ0v) is 24.0. The predicted molar refractivity (Wildman–Crippen MR) is 158 cm³/mol. The summed E-state index contributed by atoms with van der Waals surface area (Å²) in [6.07, 6.45) is 6.26. The van der Waals surface area contributed by atoms with Crippen molar-refractivity contribution >= 4 is 44.2 Å². The Hall–Kier alpha value is -4.46. The van der Waals surface area contributed by atoms with E-state index in [4.69, 9.17) is 14.7 Å². The first-order valence-electron chi connectivity index (χ1n) is 13.1. The van der Waals surface area contributed by atoms with E-state index in [1.165, 1.54) is 29.5 Å². The summed E-state index contributed by atoms with van der Waals surface area (Å²) >= 11 is 0. The fourth-order valence-electron chi connectivity index (χ4n) is 5.04. The Morgan fingerprint density at radius 3 is 2.63 bits per heavy atom. The number of anilines is 4. The van der Waals surface area contributed by atoms with Crippen LogP contribution >= 0.6 is 0 Å². The Labute approximate surface area is 237 Å². The second kappa shape index (κ2) is 10.5. The largest absolute Gasteiger partial charge is 0.495 e. The molecule has 212 valence electrons. The van der Waals surface area contributed by atoms with Crippen molar-refractivity contribution in [1.29, 1.82) is 0 Å². The van der Waals surface area contributed by atoms with Crippen LogP contribution in [-0.4, -0.2) is 77.6 Å². The first kappa shape index (κ1) is 26.7. The van der Waals surface area contributed by atoms with Gasteiger partial charge in [0.1, 0.15) is 22.1 Å². The van der Waals surface area contributed by atoms with E-state index in [-0.39, 0.29) is 4.90 Å². The number of methoxy groups -OCH3 is 1. The molecule has 4 heterocycles. The first-order valence-corrected chi connectivity index (χ1v) is 14.5. The molecule has 12 nitrogen and oxygen atoms in total.